The van der Waals surface area contributed by atoms with Crippen LogP contribution >= 0.6 is 24.8 Å². The second-order valence-electron chi connectivity index (χ2n) is 19.3. The Morgan fingerprint density at radius 3 is 1.59 bits per heavy atom. The standard InChI is InChI=1S/C33H33.C10H15.C6H5.CH3.CH2.2ClH.Zr/c1-32(2,3)30-20-26-24(18-28(30)22-13-9-7-10-14-22)17-25-19-29(23-15-11-8-12-16-23)31(21-27(25)26)33(4,5)6;1-8-5-6-9(7-8)10(2,3)4;1-2-4-6-5-3-1;;;;;/h7-16,18,20-21H,17H2,1-6H3;6-8H,1-4H3;1-5H;1H3;1H2;2*1H;. The maximum absolute atomic E-state index is 5.77. The van der Waals surface area contributed by atoms with Crippen molar-refractivity contribution in [2.24, 2.45) is 11.3 Å². The molecule has 0 aliphatic heterocycles. The second-order valence-corrected chi connectivity index (χ2v) is 33.2. The Bertz CT molecular complexity index is 2320. The fourth-order valence-electron chi connectivity index (χ4n) is 9.43. The van der Waals surface area contributed by atoms with Gasteiger partial charge in [0.1, 0.15) is 0 Å². The van der Waals surface area contributed by atoms with Gasteiger partial charge in [-0.05, 0) is 0 Å². The van der Waals surface area contributed by atoms with E-state index < -0.39 is 18.3 Å². The molecule has 0 spiro atoms. The van der Waals surface area contributed by atoms with Crippen molar-refractivity contribution in [3.05, 3.63) is 152 Å². The van der Waals surface area contributed by atoms with Gasteiger partial charge >= 0.3 is 317 Å². The minimum absolute atomic E-state index is 0. The predicted molar refractivity (Wildman–Crippen MR) is 241 cm³/mol. The first-order valence-corrected chi connectivity index (χ1v) is 27.2. The summed E-state index contributed by atoms with van der Waals surface area (Å²) in [4.78, 5) is 0. The molecule has 2 aliphatic rings. The van der Waals surface area contributed by atoms with Crippen LogP contribution in [0.15, 0.2) is 130 Å². The zero-order chi connectivity index (χ0) is 37.5. The number of allylic oxidation sites excluding steroid dienone is 4. The van der Waals surface area contributed by atoms with Crippen molar-refractivity contribution in [1.82, 2.24) is 0 Å². The minimum atomic E-state index is -4.74. The first kappa shape index (κ1) is 42.1. The van der Waals surface area contributed by atoms with Gasteiger partial charge < -0.3 is 0 Å². The van der Waals surface area contributed by atoms with Crippen molar-refractivity contribution in [3.8, 4) is 33.4 Å². The molecular weight excluding hydrogens is 775 g/mol. The Morgan fingerprint density at radius 2 is 1.09 bits per heavy atom. The summed E-state index contributed by atoms with van der Waals surface area (Å²) < 4.78 is 13.0. The number of fused-ring (bicyclic) bond motifs is 3. The zero-order valence-electron chi connectivity index (χ0n) is 34.4. The summed E-state index contributed by atoms with van der Waals surface area (Å²) in [6.45, 7) is 23.8. The Kier molecular flexibility index (Phi) is 11.3. The average molecular weight is 835 g/mol. The third-order valence-electron chi connectivity index (χ3n) is 12.2. The zero-order valence-corrected chi connectivity index (χ0v) is 38.4. The number of benzene rings is 5. The molecule has 0 radical (unpaired) electrons. The summed E-state index contributed by atoms with van der Waals surface area (Å²) in [6.07, 6.45) is 6.07. The van der Waals surface area contributed by atoms with Gasteiger partial charge in [0.05, 0.1) is 0 Å². The Hall–Kier alpha value is -3.09. The van der Waals surface area contributed by atoms with Crippen LogP contribution in [-0.2, 0) is 35.5 Å². The molecule has 3 heteroatoms. The summed E-state index contributed by atoms with van der Waals surface area (Å²) in [7, 11) is 0. The van der Waals surface area contributed by atoms with E-state index in [9.17, 15) is 0 Å². The van der Waals surface area contributed by atoms with Crippen molar-refractivity contribution < 1.29 is 18.3 Å². The van der Waals surface area contributed by atoms with E-state index in [0.717, 1.165) is 6.42 Å². The van der Waals surface area contributed by atoms with Crippen LogP contribution in [0.1, 0.15) is 91.5 Å². The fourth-order valence-corrected chi connectivity index (χ4v) is 23.8. The number of rotatable bonds is 5. The van der Waals surface area contributed by atoms with Gasteiger partial charge in [0.25, 0.3) is 0 Å². The summed E-state index contributed by atoms with van der Waals surface area (Å²) in [6, 6.07) is 41.5. The molecule has 5 aromatic carbocycles. The van der Waals surface area contributed by atoms with Crippen molar-refractivity contribution in [2.75, 3.05) is 0 Å². The molecule has 282 valence electrons. The number of hydrogen-bond acceptors (Lipinski definition) is 0. The molecule has 0 bridgehead atoms. The van der Waals surface area contributed by atoms with E-state index in [2.05, 4.69) is 195 Å². The van der Waals surface area contributed by atoms with E-state index in [4.69, 9.17) is 4.21 Å². The molecule has 0 fully saturated rings. The quantitative estimate of drug-likeness (QED) is 0.162. The van der Waals surface area contributed by atoms with Gasteiger partial charge in [-0.3, -0.25) is 0 Å². The van der Waals surface area contributed by atoms with Gasteiger partial charge in [-0.15, -0.1) is 24.8 Å². The maximum atomic E-state index is 5.77. The van der Waals surface area contributed by atoms with Crippen LogP contribution in [0.2, 0.25) is 4.63 Å². The summed E-state index contributed by atoms with van der Waals surface area (Å²) in [5.74, 6) is 0.307. The molecule has 0 amide bonds. The van der Waals surface area contributed by atoms with E-state index in [1.54, 1.807) is 6.55 Å². The van der Waals surface area contributed by atoms with Gasteiger partial charge in [-0.25, -0.2) is 0 Å². The monoisotopic (exact) mass is 832 g/mol. The van der Waals surface area contributed by atoms with E-state index in [1.807, 2.05) is 0 Å². The Labute approximate surface area is 339 Å². The first-order chi connectivity index (χ1) is 24.3. The topological polar surface area (TPSA) is 0 Å². The molecule has 5 aromatic rings. The third-order valence-corrected chi connectivity index (χ3v) is 26.9. The van der Waals surface area contributed by atoms with Crippen LogP contribution < -0.4 is 6.54 Å². The SMILES string of the molecule is Cl.Cl.[CH2]=[Zr]([CH3])([C]1=CC(C(C)(C)C)=CC1C)([c]1ccccc1)[c]1c2c(cc(C(C)(C)C)c1-c1ccccc1)-c1cc(C(C)(C)C)c(-c3ccccc3)cc1C2. The van der Waals surface area contributed by atoms with Gasteiger partial charge in [0.15, 0.2) is 0 Å². The summed E-state index contributed by atoms with van der Waals surface area (Å²) >= 11 is -4.74. The van der Waals surface area contributed by atoms with Crippen LogP contribution in [0.3, 0.4) is 0 Å². The summed E-state index contributed by atoms with van der Waals surface area (Å²) in [5.41, 5.74) is 15.3. The molecule has 2 aliphatic carbocycles. The van der Waals surface area contributed by atoms with E-state index >= 15 is 0 Å². The third kappa shape index (κ3) is 6.97. The number of halogens is 2. The number of hydrogen-bond donors (Lipinski definition) is 0. The second kappa shape index (κ2) is 14.4. The Balaban J connectivity index is 0.00000280. The van der Waals surface area contributed by atoms with Crippen LogP contribution in [0.25, 0.3) is 33.4 Å². The van der Waals surface area contributed by atoms with Gasteiger partial charge in [0.2, 0.25) is 0 Å². The predicted octanol–water partition coefficient (Wildman–Crippen LogP) is 13.7. The molecule has 0 N–H and O–H groups in total. The van der Waals surface area contributed by atoms with Crippen molar-refractivity contribution in [2.45, 2.75) is 91.1 Å². The average Bonchev–Trinajstić information content (AvgIpc) is 3.68. The van der Waals surface area contributed by atoms with Gasteiger partial charge in [0, 0.05) is 0 Å². The van der Waals surface area contributed by atoms with Crippen molar-refractivity contribution in [3.63, 3.8) is 0 Å². The van der Waals surface area contributed by atoms with Crippen LogP contribution in [0, 0.1) is 11.3 Å². The molecule has 7 rings (SSSR count). The Morgan fingerprint density at radius 1 is 0.593 bits per heavy atom. The molecule has 0 nitrogen and oxygen atoms in total. The van der Waals surface area contributed by atoms with Gasteiger partial charge in [-0.1, -0.05) is 0 Å². The molecule has 1 atom stereocenters. The van der Waals surface area contributed by atoms with Crippen LogP contribution in [0.4, 0.5) is 0 Å². The first-order valence-electron chi connectivity index (χ1n) is 19.3. The van der Waals surface area contributed by atoms with Crippen molar-refractivity contribution in [1.29, 1.82) is 0 Å². The van der Waals surface area contributed by atoms with Crippen LogP contribution in [-0.4, -0.2) is 4.21 Å². The molecule has 54 heavy (non-hydrogen) atoms. The molecule has 0 saturated heterocycles. The van der Waals surface area contributed by atoms with E-state index in [-0.39, 0.29) is 41.1 Å². The molecular formula is C51H60Cl2Zr. The molecule has 0 saturated carbocycles. The molecule has 0 heterocycles. The normalized spacial score (nSPS) is 15.7. The van der Waals surface area contributed by atoms with E-state index in [0.29, 0.717) is 5.92 Å². The van der Waals surface area contributed by atoms with Crippen molar-refractivity contribution >= 4 is 35.6 Å². The fraction of sp³-hybridized carbons (Fsp3) is 0.314. The van der Waals surface area contributed by atoms with Gasteiger partial charge in [-0.2, -0.15) is 0 Å². The molecule has 1 unspecified atom stereocenters. The summed E-state index contributed by atoms with van der Waals surface area (Å²) in [5, 5.41) is 0. The van der Waals surface area contributed by atoms with Crippen LogP contribution in [0.5, 0.6) is 0 Å². The molecule has 0 aromatic heterocycles. The van der Waals surface area contributed by atoms with E-state index in [1.165, 1.54) is 64.5 Å².